The monoisotopic (exact) mass is 373 g/mol. The van der Waals surface area contributed by atoms with Gasteiger partial charge in [-0.15, -0.1) is 0 Å². The van der Waals surface area contributed by atoms with E-state index in [0.29, 0.717) is 15.2 Å². The number of carboxylic acids is 1. The van der Waals surface area contributed by atoms with Crippen LogP contribution in [0.4, 0.5) is 5.69 Å². The Balaban J connectivity index is 2.06. The number of carboxylic acid groups (broad SMARTS) is 1. The van der Waals surface area contributed by atoms with Crippen LogP contribution < -0.4 is 5.32 Å². The van der Waals surface area contributed by atoms with Gasteiger partial charge in [0.25, 0.3) is 0 Å². The molecule has 0 heterocycles. The second kappa shape index (κ2) is 6.79. The van der Waals surface area contributed by atoms with E-state index in [1.807, 2.05) is 0 Å². The molecule has 1 amide bonds. The maximum atomic E-state index is 12.3. The normalized spacial score (nSPS) is 16.7. The standard InChI is InChI=1S/C15H17BrClNO3/c16-14-10(17)4-3-5-11(14)18-12(19)8-15(9-13(20)21)6-1-2-7-15/h3-5H,1-2,6-9H2,(H,18,19)(H,20,21). The first-order chi connectivity index (χ1) is 9.92. The lowest BCUT2D eigenvalue weighted by molar-refractivity contribution is -0.140. The summed E-state index contributed by atoms with van der Waals surface area (Å²) >= 11 is 9.32. The fourth-order valence-corrected chi connectivity index (χ4v) is 3.54. The Morgan fingerprint density at radius 2 is 1.95 bits per heavy atom. The van der Waals surface area contributed by atoms with Crippen LogP contribution in [0.15, 0.2) is 22.7 Å². The Kier molecular flexibility index (Phi) is 5.27. The van der Waals surface area contributed by atoms with Gasteiger partial charge in [-0.05, 0) is 46.3 Å². The Labute approximate surface area is 137 Å². The third-order valence-electron chi connectivity index (χ3n) is 3.95. The third kappa shape index (κ3) is 4.20. The smallest absolute Gasteiger partial charge is 0.303 e. The van der Waals surface area contributed by atoms with Crippen molar-refractivity contribution < 1.29 is 14.7 Å². The fraction of sp³-hybridized carbons (Fsp3) is 0.467. The molecule has 0 aliphatic heterocycles. The van der Waals surface area contributed by atoms with Gasteiger partial charge >= 0.3 is 5.97 Å². The molecule has 114 valence electrons. The molecule has 4 nitrogen and oxygen atoms in total. The van der Waals surface area contributed by atoms with Crippen LogP contribution in [0, 0.1) is 5.41 Å². The van der Waals surface area contributed by atoms with Gasteiger partial charge in [-0.3, -0.25) is 9.59 Å². The number of anilines is 1. The molecule has 1 saturated carbocycles. The van der Waals surface area contributed by atoms with E-state index in [4.69, 9.17) is 16.7 Å². The van der Waals surface area contributed by atoms with Crippen LogP contribution in [0.1, 0.15) is 38.5 Å². The Morgan fingerprint density at radius 1 is 1.29 bits per heavy atom. The zero-order chi connectivity index (χ0) is 15.5. The highest BCUT2D eigenvalue weighted by molar-refractivity contribution is 9.10. The van der Waals surface area contributed by atoms with Crippen molar-refractivity contribution in [3.05, 3.63) is 27.7 Å². The third-order valence-corrected chi connectivity index (χ3v) is 5.35. The number of hydrogen-bond acceptors (Lipinski definition) is 2. The van der Waals surface area contributed by atoms with Crippen LogP contribution in [0.3, 0.4) is 0 Å². The molecular weight excluding hydrogens is 358 g/mol. The van der Waals surface area contributed by atoms with Gasteiger partial charge in [0.2, 0.25) is 5.91 Å². The summed E-state index contributed by atoms with van der Waals surface area (Å²) in [5.41, 5.74) is 0.206. The maximum Gasteiger partial charge on any atom is 0.303 e. The number of carbonyl (C=O) groups excluding carboxylic acids is 1. The predicted molar refractivity (Wildman–Crippen MR) is 85.6 cm³/mol. The average molecular weight is 375 g/mol. The highest BCUT2D eigenvalue weighted by Gasteiger charge is 2.38. The summed E-state index contributed by atoms with van der Waals surface area (Å²) in [6.07, 6.45) is 3.85. The van der Waals surface area contributed by atoms with Crippen molar-refractivity contribution in [2.75, 3.05) is 5.32 Å². The second-order valence-corrected chi connectivity index (χ2v) is 6.80. The fourth-order valence-electron chi connectivity index (χ4n) is 3.00. The minimum absolute atomic E-state index is 0.0527. The summed E-state index contributed by atoms with van der Waals surface area (Å²) in [6.45, 7) is 0. The Bertz CT molecular complexity index is 556. The van der Waals surface area contributed by atoms with Gasteiger partial charge < -0.3 is 10.4 Å². The maximum absolute atomic E-state index is 12.3. The lowest BCUT2D eigenvalue weighted by Crippen LogP contribution is -2.27. The molecule has 1 aliphatic rings. The lowest BCUT2D eigenvalue weighted by Gasteiger charge is -2.26. The molecule has 1 aliphatic carbocycles. The van der Waals surface area contributed by atoms with E-state index < -0.39 is 11.4 Å². The summed E-state index contributed by atoms with van der Waals surface area (Å²) < 4.78 is 0.638. The molecule has 21 heavy (non-hydrogen) atoms. The highest BCUT2D eigenvalue weighted by Crippen LogP contribution is 2.44. The van der Waals surface area contributed by atoms with E-state index in [0.717, 1.165) is 25.7 Å². The quantitative estimate of drug-likeness (QED) is 0.799. The van der Waals surface area contributed by atoms with E-state index in [1.165, 1.54) is 0 Å². The summed E-state index contributed by atoms with van der Waals surface area (Å²) in [6, 6.07) is 5.24. The summed E-state index contributed by atoms with van der Waals surface area (Å²) in [7, 11) is 0. The van der Waals surface area contributed by atoms with Crippen LogP contribution in [-0.2, 0) is 9.59 Å². The molecule has 2 N–H and O–H groups in total. The summed E-state index contributed by atoms with van der Waals surface area (Å²) in [4.78, 5) is 23.3. The van der Waals surface area contributed by atoms with E-state index in [2.05, 4.69) is 21.2 Å². The first-order valence-corrected chi connectivity index (χ1v) is 8.05. The Hall–Kier alpha value is -1.07. The van der Waals surface area contributed by atoms with E-state index >= 15 is 0 Å². The van der Waals surface area contributed by atoms with Gasteiger partial charge in [0, 0.05) is 6.42 Å². The minimum Gasteiger partial charge on any atom is -0.481 e. The zero-order valence-corrected chi connectivity index (χ0v) is 13.8. The second-order valence-electron chi connectivity index (χ2n) is 5.60. The number of carbonyl (C=O) groups is 2. The van der Waals surface area contributed by atoms with Crippen molar-refractivity contribution in [3.8, 4) is 0 Å². The highest BCUT2D eigenvalue weighted by atomic mass is 79.9. The largest absolute Gasteiger partial charge is 0.481 e. The van der Waals surface area contributed by atoms with Crippen LogP contribution >= 0.6 is 27.5 Å². The predicted octanol–water partition coefficient (Wildman–Crippen LogP) is 4.47. The minimum atomic E-state index is -0.839. The van der Waals surface area contributed by atoms with Gasteiger partial charge in [-0.2, -0.15) is 0 Å². The molecule has 0 atom stereocenters. The van der Waals surface area contributed by atoms with Gasteiger partial charge in [0.1, 0.15) is 0 Å². The van der Waals surface area contributed by atoms with Gasteiger partial charge in [-0.25, -0.2) is 0 Å². The number of aliphatic carboxylic acids is 1. The SMILES string of the molecule is O=C(O)CC1(CC(=O)Nc2cccc(Cl)c2Br)CCCC1. The van der Waals surface area contributed by atoms with Crippen LogP contribution in [0.2, 0.25) is 5.02 Å². The summed E-state index contributed by atoms with van der Waals surface area (Å²) in [5.74, 6) is -1.00. The van der Waals surface area contributed by atoms with E-state index in [1.54, 1.807) is 18.2 Å². The number of hydrogen-bond donors (Lipinski definition) is 2. The molecule has 0 unspecified atom stereocenters. The molecule has 0 aromatic heterocycles. The molecule has 0 radical (unpaired) electrons. The molecular formula is C15H17BrClNO3. The topological polar surface area (TPSA) is 66.4 Å². The molecule has 6 heteroatoms. The van der Waals surface area contributed by atoms with Crippen molar-refractivity contribution in [1.29, 1.82) is 0 Å². The first kappa shape index (κ1) is 16.3. The number of halogens is 2. The van der Waals surface area contributed by atoms with Crippen molar-refractivity contribution in [1.82, 2.24) is 0 Å². The number of benzene rings is 1. The van der Waals surface area contributed by atoms with E-state index in [9.17, 15) is 9.59 Å². The molecule has 0 spiro atoms. The molecule has 2 rings (SSSR count). The zero-order valence-electron chi connectivity index (χ0n) is 11.5. The van der Waals surface area contributed by atoms with Crippen molar-refractivity contribution in [2.24, 2.45) is 5.41 Å². The van der Waals surface area contributed by atoms with Gasteiger partial charge in [0.05, 0.1) is 21.6 Å². The van der Waals surface area contributed by atoms with E-state index in [-0.39, 0.29) is 18.7 Å². The van der Waals surface area contributed by atoms with Crippen molar-refractivity contribution in [2.45, 2.75) is 38.5 Å². The number of amides is 1. The van der Waals surface area contributed by atoms with Crippen LogP contribution in [-0.4, -0.2) is 17.0 Å². The molecule has 0 bridgehead atoms. The molecule has 0 saturated heterocycles. The molecule has 1 fully saturated rings. The van der Waals surface area contributed by atoms with Crippen molar-refractivity contribution in [3.63, 3.8) is 0 Å². The molecule has 1 aromatic carbocycles. The number of rotatable bonds is 5. The number of nitrogens with one attached hydrogen (secondary N) is 1. The van der Waals surface area contributed by atoms with Crippen LogP contribution in [0.25, 0.3) is 0 Å². The van der Waals surface area contributed by atoms with Gasteiger partial charge in [0.15, 0.2) is 0 Å². The average Bonchev–Trinajstić information content (AvgIpc) is 2.82. The molecule has 1 aromatic rings. The summed E-state index contributed by atoms with van der Waals surface area (Å²) in [5, 5.41) is 12.4. The Morgan fingerprint density at radius 3 is 2.57 bits per heavy atom. The lowest BCUT2D eigenvalue weighted by atomic mass is 9.79. The van der Waals surface area contributed by atoms with Crippen LogP contribution in [0.5, 0.6) is 0 Å². The first-order valence-electron chi connectivity index (χ1n) is 6.88. The van der Waals surface area contributed by atoms with Gasteiger partial charge in [-0.1, -0.05) is 30.5 Å². The van der Waals surface area contributed by atoms with Crippen molar-refractivity contribution >= 4 is 45.1 Å².